The summed E-state index contributed by atoms with van der Waals surface area (Å²) >= 11 is 5.06. The van der Waals surface area contributed by atoms with Gasteiger partial charge < -0.3 is 9.64 Å². The zero-order valence-electron chi connectivity index (χ0n) is 19.0. The predicted molar refractivity (Wildman–Crippen MR) is 138 cm³/mol. The molecule has 1 aliphatic rings. The number of alkyl halides is 1. The van der Waals surface area contributed by atoms with E-state index in [1.165, 1.54) is 35.4 Å². The standard InChI is InChI=1S/C24H27BrN2O4S2/c1-5-31-24(28)23-21(20(14-25)22(32-23)18-8-6-16(2)7-9-18)17-10-12-19(13-11-17)33(29,30)26-15-27(3)4/h6-8,10-13,15,18H,5,9,14H2,1-4H3. The third-order valence-electron chi connectivity index (χ3n) is 5.11. The summed E-state index contributed by atoms with van der Waals surface area (Å²) in [5, 5.41) is 0.563. The number of carbonyl (C=O) groups excluding carboxylic acids is 1. The molecule has 2 aromatic rings. The van der Waals surface area contributed by atoms with E-state index in [4.69, 9.17) is 4.74 Å². The van der Waals surface area contributed by atoms with Crippen molar-refractivity contribution in [3.05, 3.63) is 63.4 Å². The highest BCUT2D eigenvalue weighted by Crippen LogP contribution is 2.44. The topological polar surface area (TPSA) is 76.0 Å². The number of benzene rings is 1. The molecular formula is C24H27BrN2O4S2. The minimum atomic E-state index is -3.81. The number of rotatable bonds is 8. The molecular weight excluding hydrogens is 524 g/mol. The summed E-state index contributed by atoms with van der Waals surface area (Å²) in [5.41, 5.74) is 3.79. The normalized spacial score (nSPS) is 16.2. The summed E-state index contributed by atoms with van der Waals surface area (Å²) in [6, 6.07) is 6.49. The second kappa shape index (κ2) is 10.8. The zero-order chi connectivity index (χ0) is 24.2. The van der Waals surface area contributed by atoms with Gasteiger partial charge >= 0.3 is 5.97 Å². The number of ether oxygens (including phenoxy) is 1. The minimum Gasteiger partial charge on any atom is -0.462 e. The van der Waals surface area contributed by atoms with E-state index in [0.29, 0.717) is 10.2 Å². The first-order valence-electron chi connectivity index (χ1n) is 10.5. The Morgan fingerprint density at radius 3 is 2.55 bits per heavy atom. The van der Waals surface area contributed by atoms with Crippen molar-refractivity contribution in [1.29, 1.82) is 0 Å². The highest BCUT2D eigenvalue weighted by Gasteiger charge is 2.28. The Labute approximate surface area is 207 Å². The van der Waals surface area contributed by atoms with Gasteiger partial charge in [0.1, 0.15) is 11.2 Å². The van der Waals surface area contributed by atoms with E-state index in [2.05, 4.69) is 45.5 Å². The van der Waals surface area contributed by atoms with Crippen LogP contribution in [0.3, 0.4) is 0 Å². The van der Waals surface area contributed by atoms with E-state index in [-0.39, 0.29) is 23.4 Å². The van der Waals surface area contributed by atoms with Crippen LogP contribution in [0.25, 0.3) is 11.1 Å². The summed E-state index contributed by atoms with van der Waals surface area (Å²) < 4.78 is 34.0. The molecule has 1 heterocycles. The van der Waals surface area contributed by atoms with E-state index >= 15 is 0 Å². The lowest BCUT2D eigenvalue weighted by molar-refractivity contribution is 0.0533. The Morgan fingerprint density at radius 1 is 1.30 bits per heavy atom. The van der Waals surface area contributed by atoms with E-state index in [9.17, 15) is 13.2 Å². The zero-order valence-corrected chi connectivity index (χ0v) is 22.3. The lowest BCUT2D eigenvalue weighted by atomic mass is 9.91. The number of hydrogen-bond donors (Lipinski definition) is 0. The predicted octanol–water partition coefficient (Wildman–Crippen LogP) is 5.76. The number of nitrogens with zero attached hydrogens (tertiary/aromatic N) is 2. The third kappa shape index (κ3) is 5.83. The minimum absolute atomic E-state index is 0.0914. The summed E-state index contributed by atoms with van der Waals surface area (Å²) in [5.74, 6) is -0.196. The molecule has 3 rings (SSSR count). The quantitative estimate of drug-likeness (QED) is 0.181. The molecule has 1 aromatic carbocycles. The highest BCUT2D eigenvalue weighted by atomic mass is 79.9. The number of carbonyl (C=O) groups is 1. The van der Waals surface area contributed by atoms with Gasteiger partial charge in [-0.1, -0.05) is 51.9 Å². The van der Waals surface area contributed by atoms with Crippen LogP contribution in [0.4, 0.5) is 0 Å². The van der Waals surface area contributed by atoms with E-state index in [1.54, 1.807) is 38.1 Å². The second-order valence-electron chi connectivity index (χ2n) is 7.84. The van der Waals surface area contributed by atoms with Gasteiger partial charge in [0, 0.05) is 35.8 Å². The number of halogens is 1. The van der Waals surface area contributed by atoms with Gasteiger partial charge in [-0.3, -0.25) is 0 Å². The second-order valence-corrected chi connectivity index (χ2v) is 11.1. The van der Waals surface area contributed by atoms with Crippen molar-refractivity contribution < 1.29 is 17.9 Å². The van der Waals surface area contributed by atoms with Gasteiger partial charge in [-0.15, -0.1) is 15.7 Å². The first kappa shape index (κ1) is 25.4. The Hall–Kier alpha value is -2.23. The fourth-order valence-corrected chi connectivity index (χ4v) is 6.50. The molecule has 0 N–H and O–H groups in total. The summed E-state index contributed by atoms with van der Waals surface area (Å²) in [6.07, 6.45) is 8.59. The summed E-state index contributed by atoms with van der Waals surface area (Å²) in [6.45, 7) is 4.13. The first-order chi connectivity index (χ1) is 15.7. The maximum Gasteiger partial charge on any atom is 0.348 e. The maximum absolute atomic E-state index is 12.9. The molecule has 9 heteroatoms. The van der Waals surface area contributed by atoms with Gasteiger partial charge in [-0.25, -0.2) is 4.79 Å². The van der Waals surface area contributed by atoms with Crippen LogP contribution in [0.5, 0.6) is 0 Å². The largest absolute Gasteiger partial charge is 0.462 e. The smallest absolute Gasteiger partial charge is 0.348 e. The number of allylic oxidation sites excluding steroid dienone is 4. The average molecular weight is 552 g/mol. The van der Waals surface area contributed by atoms with Crippen LogP contribution in [0.15, 0.2) is 57.4 Å². The molecule has 1 atom stereocenters. The van der Waals surface area contributed by atoms with Crippen LogP contribution >= 0.6 is 27.3 Å². The fraction of sp³-hybridized carbons (Fsp3) is 0.333. The lowest BCUT2D eigenvalue weighted by Crippen LogP contribution is -2.10. The Morgan fingerprint density at radius 2 is 2.00 bits per heavy atom. The van der Waals surface area contributed by atoms with Crippen LogP contribution in [0, 0.1) is 0 Å². The van der Waals surface area contributed by atoms with Crippen molar-refractivity contribution in [3.63, 3.8) is 0 Å². The van der Waals surface area contributed by atoms with Gasteiger partial charge in [0.15, 0.2) is 0 Å². The lowest BCUT2D eigenvalue weighted by Gasteiger charge is -2.15. The van der Waals surface area contributed by atoms with E-state index in [1.807, 2.05) is 0 Å². The van der Waals surface area contributed by atoms with Crippen LogP contribution < -0.4 is 0 Å². The van der Waals surface area contributed by atoms with Crippen molar-refractivity contribution in [2.45, 2.75) is 36.4 Å². The number of sulfonamides is 1. The summed E-state index contributed by atoms with van der Waals surface area (Å²) in [7, 11) is -0.404. The van der Waals surface area contributed by atoms with Crippen molar-refractivity contribution in [3.8, 4) is 11.1 Å². The van der Waals surface area contributed by atoms with Crippen molar-refractivity contribution >= 4 is 49.6 Å². The number of esters is 1. The fourth-order valence-electron chi connectivity index (χ4n) is 3.49. The van der Waals surface area contributed by atoms with Crippen molar-refractivity contribution in [2.75, 3.05) is 20.7 Å². The molecule has 1 unspecified atom stereocenters. The molecule has 6 nitrogen and oxygen atoms in total. The van der Waals surface area contributed by atoms with Crippen molar-refractivity contribution in [2.24, 2.45) is 4.40 Å². The van der Waals surface area contributed by atoms with Gasteiger partial charge in [-0.05, 0) is 43.5 Å². The van der Waals surface area contributed by atoms with E-state index < -0.39 is 10.0 Å². The average Bonchev–Trinajstić information content (AvgIpc) is 3.18. The highest BCUT2D eigenvalue weighted by molar-refractivity contribution is 9.08. The summed E-state index contributed by atoms with van der Waals surface area (Å²) in [4.78, 5) is 16.1. The number of hydrogen-bond acceptors (Lipinski definition) is 5. The van der Waals surface area contributed by atoms with Crippen LogP contribution in [0.1, 0.15) is 46.3 Å². The van der Waals surface area contributed by atoms with Gasteiger partial charge in [-0.2, -0.15) is 8.42 Å². The molecule has 1 aliphatic carbocycles. The molecule has 0 bridgehead atoms. The van der Waals surface area contributed by atoms with E-state index in [0.717, 1.165) is 28.0 Å². The molecule has 1 aromatic heterocycles. The molecule has 0 saturated carbocycles. The van der Waals surface area contributed by atoms with Crippen molar-refractivity contribution in [1.82, 2.24) is 4.90 Å². The van der Waals surface area contributed by atoms with Crippen LogP contribution in [-0.2, 0) is 20.1 Å². The molecule has 0 saturated heterocycles. The molecule has 33 heavy (non-hydrogen) atoms. The van der Waals surface area contributed by atoms with Crippen LogP contribution in [0.2, 0.25) is 0 Å². The molecule has 0 fully saturated rings. The molecule has 0 aliphatic heterocycles. The molecule has 176 valence electrons. The maximum atomic E-state index is 12.9. The molecule has 0 radical (unpaired) electrons. The third-order valence-corrected chi connectivity index (χ3v) is 8.26. The van der Waals surface area contributed by atoms with Crippen LogP contribution in [-0.4, -0.2) is 46.3 Å². The molecule has 0 amide bonds. The monoisotopic (exact) mass is 550 g/mol. The Balaban J connectivity index is 2.09. The van der Waals surface area contributed by atoms with Gasteiger partial charge in [0.2, 0.25) is 0 Å². The van der Waals surface area contributed by atoms with Gasteiger partial charge in [0.05, 0.1) is 11.5 Å². The number of thiophene rings is 1. The Kier molecular flexibility index (Phi) is 8.31. The SMILES string of the molecule is CCOC(=O)c1sc(C2C=CC(C)=CC2)c(CBr)c1-c1ccc(S(=O)(=O)N=CN(C)C)cc1. The van der Waals surface area contributed by atoms with Gasteiger partial charge in [0.25, 0.3) is 10.0 Å². The molecule has 0 spiro atoms. The first-order valence-corrected chi connectivity index (χ1v) is 13.9. The Bertz CT molecular complexity index is 1210.